The summed E-state index contributed by atoms with van der Waals surface area (Å²) in [7, 11) is 2.23. The maximum Gasteiger partial charge on any atom is 0.244 e. The van der Waals surface area contributed by atoms with E-state index in [0.29, 0.717) is 38.3 Å². The van der Waals surface area contributed by atoms with Crippen LogP contribution < -0.4 is 21.3 Å². The van der Waals surface area contributed by atoms with E-state index < -0.39 is 0 Å². The molecule has 3 saturated heterocycles. The first-order valence-corrected chi connectivity index (χ1v) is 14.4. The maximum atomic E-state index is 13.6. The summed E-state index contributed by atoms with van der Waals surface area (Å²) in [6.07, 6.45) is 9.41. The van der Waals surface area contributed by atoms with E-state index in [1.807, 2.05) is 17.2 Å². The minimum atomic E-state index is -0.152. The zero-order chi connectivity index (χ0) is 25.7. The molecular formula is C28H41N7O3. The molecule has 1 aliphatic carbocycles. The number of nitrogens with zero attached hydrogens (tertiary/aromatic N) is 3. The Labute approximate surface area is 225 Å². The number of carbonyl (C=O) groups is 1. The first-order chi connectivity index (χ1) is 18.6. The normalized spacial score (nSPS) is 36.3. The average molecular weight is 524 g/mol. The molecule has 10 heteroatoms. The number of piperidine rings is 1. The molecule has 4 fully saturated rings. The molecule has 5 atom stereocenters. The fraction of sp³-hybridized carbons (Fsp3) is 0.679. The molecule has 2 bridgehead atoms. The van der Waals surface area contributed by atoms with Crippen LogP contribution in [-0.4, -0.2) is 92.2 Å². The molecule has 1 amide bonds. The van der Waals surface area contributed by atoms with Gasteiger partial charge in [-0.25, -0.2) is 0 Å². The Morgan fingerprint density at radius 3 is 2.95 bits per heavy atom. The number of amides is 1. The second-order valence-corrected chi connectivity index (χ2v) is 11.8. The summed E-state index contributed by atoms with van der Waals surface area (Å²) in [4.78, 5) is 16.0. The molecule has 5 aliphatic heterocycles. The van der Waals surface area contributed by atoms with E-state index in [1.165, 1.54) is 30.5 Å². The first kappa shape index (κ1) is 25.0. The number of likely N-dealkylation sites (N-methyl/N-ethyl adjacent to an activating group) is 1. The van der Waals surface area contributed by atoms with E-state index in [-0.39, 0.29) is 36.7 Å². The Kier molecular flexibility index (Phi) is 6.68. The highest BCUT2D eigenvalue weighted by molar-refractivity contribution is 5.82. The number of benzene rings is 1. The highest BCUT2D eigenvalue weighted by Gasteiger charge is 2.52. The van der Waals surface area contributed by atoms with Crippen molar-refractivity contribution >= 4 is 11.6 Å². The molecule has 5 heterocycles. The summed E-state index contributed by atoms with van der Waals surface area (Å²) in [6, 6.07) is 6.89. The van der Waals surface area contributed by atoms with Crippen molar-refractivity contribution in [3.8, 4) is 0 Å². The van der Waals surface area contributed by atoms with Crippen LogP contribution in [0.15, 0.2) is 30.4 Å². The molecule has 4 N–H and O–H groups in total. The maximum absolute atomic E-state index is 13.6. The topological polar surface area (TPSA) is 93.4 Å². The number of ether oxygens (including phenoxy) is 2. The van der Waals surface area contributed by atoms with Gasteiger partial charge in [-0.05, 0) is 62.4 Å². The van der Waals surface area contributed by atoms with Gasteiger partial charge in [-0.3, -0.25) is 25.8 Å². The van der Waals surface area contributed by atoms with E-state index in [0.717, 1.165) is 31.5 Å². The molecule has 7 rings (SSSR count). The smallest absolute Gasteiger partial charge is 0.244 e. The third-order valence-corrected chi connectivity index (χ3v) is 9.10. The number of fused-ring (bicyclic) bond motifs is 8. The number of anilines is 1. The number of nitrogens with one attached hydrogen (secondary N) is 4. The summed E-state index contributed by atoms with van der Waals surface area (Å²) in [5, 5.41) is 18.8. The SMILES string of the molecule is CN1Cc2cc(NC3NCC4C(=O)N5C/C=C/COCCOC6CCCC(N6)N5C4N3)ccc2C2(CC2)C1. The van der Waals surface area contributed by atoms with Gasteiger partial charge in [-0.15, -0.1) is 0 Å². The van der Waals surface area contributed by atoms with E-state index in [4.69, 9.17) is 9.47 Å². The third kappa shape index (κ3) is 4.66. The molecule has 0 radical (unpaired) electrons. The minimum absolute atomic E-state index is 0.0268. The molecule has 0 aromatic heterocycles. The minimum Gasteiger partial charge on any atom is -0.375 e. The van der Waals surface area contributed by atoms with Crippen molar-refractivity contribution < 1.29 is 14.3 Å². The zero-order valence-electron chi connectivity index (χ0n) is 22.3. The second kappa shape index (κ2) is 10.2. The van der Waals surface area contributed by atoms with Crippen LogP contribution in [-0.2, 0) is 26.2 Å². The van der Waals surface area contributed by atoms with E-state index >= 15 is 0 Å². The molecule has 10 nitrogen and oxygen atoms in total. The van der Waals surface area contributed by atoms with E-state index in [9.17, 15) is 4.79 Å². The number of carbonyl (C=O) groups excluding carboxylic acids is 1. The van der Waals surface area contributed by atoms with Gasteiger partial charge in [0.15, 0.2) is 0 Å². The van der Waals surface area contributed by atoms with E-state index in [2.05, 4.69) is 56.4 Å². The fourth-order valence-electron chi connectivity index (χ4n) is 7.17. The van der Waals surface area contributed by atoms with E-state index in [1.54, 1.807) is 0 Å². The lowest BCUT2D eigenvalue weighted by atomic mass is 9.87. The monoisotopic (exact) mass is 523 g/mol. The molecular weight excluding hydrogens is 482 g/mol. The van der Waals surface area contributed by atoms with Gasteiger partial charge in [0.25, 0.3) is 0 Å². The quantitative estimate of drug-likeness (QED) is 0.425. The van der Waals surface area contributed by atoms with Crippen molar-refractivity contribution in [3.63, 3.8) is 0 Å². The highest BCUT2D eigenvalue weighted by atomic mass is 16.5. The standard InChI is InChI=1S/C28H41N7O3/c1-33-17-19-15-20(7-8-22(19)28(18-33)9-10-28)30-27-29-16-21-25(32-27)35-23-5-4-6-24(31-23)38-14-13-37-12-3-2-11-34(35)26(21)36/h2-3,7-8,15,21,23-25,27,29-32H,4-6,9-14,16-18H2,1H3/b3-2+. The number of hydrazine groups is 1. The molecule has 1 aromatic carbocycles. The van der Waals surface area contributed by atoms with Crippen molar-refractivity contribution in [2.75, 3.05) is 51.8 Å². The Balaban J connectivity index is 1.10. The van der Waals surface area contributed by atoms with Gasteiger partial charge < -0.3 is 19.7 Å². The second-order valence-electron chi connectivity index (χ2n) is 11.8. The lowest BCUT2D eigenvalue weighted by Crippen LogP contribution is -2.68. The predicted octanol–water partition coefficient (Wildman–Crippen LogP) is 1.08. The van der Waals surface area contributed by atoms with Gasteiger partial charge in [0.05, 0.1) is 44.6 Å². The Morgan fingerprint density at radius 1 is 1.13 bits per heavy atom. The number of hydrogen-bond donors (Lipinski definition) is 4. The van der Waals surface area contributed by atoms with Crippen LogP contribution in [0.4, 0.5) is 5.69 Å². The summed E-state index contributed by atoms with van der Waals surface area (Å²) in [5.41, 5.74) is 4.47. The van der Waals surface area contributed by atoms with Crippen LogP contribution in [0.2, 0.25) is 0 Å². The largest absolute Gasteiger partial charge is 0.375 e. The zero-order valence-corrected chi connectivity index (χ0v) is 22.3. The fourth-order valence-corrected chi connectivity index (χ4v) is 7.17. The Hall–Kier alpha value is -2.05. The van der Waals surface area contributed by atoms with Crippen molar-refractivity contribution in [3.05, 3.63) is 41.5 Å². The van der Waals surface area contributed by atoms with Gasteiger partial charge in [-0.1, -0.05) is 18.2 Å². The van der Waals surface area contributed by atoms with Crippen LogP contribution >= 0.6 is 0 Å². The van der Waals surface area contributed by atoms with Crippen molar-refractivity contribution in [2.45, 2.75) is 68.9 Å². The Bertz CT molecular complexity index is 1080. The first-order valence-electron chi connectivity index (χ1n) is 14.4. The van der Waals surface area contributed by atoms with Crippen LogP contribution in [0.3, 0.4) is 0 Å². The summed E-state index contributed by atoms with van der Waals surface area (Å²) >= 11 is 0. The highest BCUT2D eigenvalue weighted by Crippen LogP contribution is 2.52. The molecule has 1 spiro atoms. The van der Waals surface area contributed by atoms with Crippen molar-refractivity contribution in [1.29, 1.82) is 0 Å². The predicted molar refractivity (Wildman–Crippen MR) is 144 cm³/mol. The molecule has 206 valence electrons. The third-order valence-electron chi connectivity index (χ3n) is 9.10. The summed E-state index contributed by atoms with van der Waals surface area (Å²) in [6.45, 7) is 5.00. The lowest BCUT2D eigenvalue weighted by Gasteiger charge is -2.44. The van der Waals surface area contributed by atoms with Crippen LogP contribution in [0.25, 0.3) is 0 Å². The summed E-state index contributed by atoms with van der Waals surface area (Å²) in [5.74, 6) is 0.00545. The van der Waals surface area contributed by atoms with Gasteiger partial charge >= 0.3 is 0 Å². The van der Waals surface area contributed by atoms with Crippen LogP contribution in [0.5, 0.6) is 0 Å². The molecule has 1 aromatic rings. The lowest BCUT2D eigenvalue weighted by molar-refractivity contribution is -0.149. The molecule has 1 saturated carbocycles. The Morgan fingerprint density at radius 2 is 2.05 bits per heavy atom. The average Bonchev–Trinajstić information content (AvgIpc) is 3.61. The van der Waals surface area contributed by atoms with Gasteiger partial charge in [0.2, 0.25) is 5.91 Å². The van der Waals surface area contributed by atoms with Crippen LogP contribution in [0, 0.1) is 5.92 Å². The van der Waals surface area contributed by atoms with Crippen molar-refractivity contribution in [1.82, 2.24) is 30.9 Å². The molecule has 5 unspecified atom stereocenters. The summed E-state index contributed by atoms with van der Waals surface area (Å²) < 4.78 is 11.7. The number of rotatable bonds is 2. The van der Waals surface area contributed by atoms with Gasteiger partial charge in [0, 0.05) is 30.7 Å². The molecule has 6 aliphatic rings. The number of hydrogen-bond acceptors (Lipinski definition) is 9. The van der Waals surface area contributed by atoms with Crippen LogP contribution in [0.1, 0.15) is 43.2 Å². The van der Waals surface area contributed by atoms with Crippen molar-refractivity contribution in [2.24, 2.45) is 5.92 Å². The molecule has 38 heavy (non-hydrogen) atoms. The van der Waals surface area contributed by atoms with Gasteiger partial charge in [-0.2, -0.15) is 5.01 Å². The van der Waals surface area contributed by atoms with Gasteiger partial charge in [0.1, 0.15) is 12.5 Å².